The summed E-state index contributed by atoms with van der Waals surface area (Å²) in [6, 6.07) is 11.4. The number of hydrogen-bond acceptors (Lipinski definition) is 4. The second-order valence-corrected chi connectivity index (χ2v) is 9.44. The van der Waals surface area contributed by atoms with Crippen molar-refractivity contribution in [1.82, 2.24) is 9.21 Å². The van der Waals surface area contributed by atoms with Crippen molar-refractivity contribution in [3.8, 4) is 0 Å². The van der Waals surface area contributed by atoms with E-state index >= 15 is 0 Å². The third kappa shape index (κ3) is 2.14. The number of amides is 3. The highest BCUT2D eigenvalue weighted by atomic mass is 32.2. The van der Waals surface area contributed by atoms with Gasteiger partial charge in [-0.05, 0) is 24.8 Å². The molecule has 5 rings (SSSR count). The zero-order chi connectivity index (χ0) is 18.9. The van der Waals surface area contributed by atoms with Crippen LogP contribution in [0.3, 0.4) is 0 Å². The van der Waals surface area contributed by atoms with E-state index in [4.69, 9.17) is 0 Å². The van der Waals surface area contributed by atoms with Crippen molar-refractivity contribution < 1.29 is 18.0 Å². The molecular weight excluding hydrogens is 366 g/mol. The van der Waals surface area contributed by atoms with Crippen molar-refractivity contribution in [1.29, 1.82) is 0 Å². The van der Waals surface area contributed by atoms with Crippen LogP contribution >= 0.6 is 0 Å². The zero-order valence-corrected chi connectivity index (χ0v) is 15.6. The van der Waals surface area contributed by atoms with Crippen molar-refractivity contribution >= 4 is 38.4 Å². The largest absolute Gasteiger partial charge is 0.332 e. The second kappa shape index (κ2) is 5.53. The molecule has 8 heteroatoms. The molecule has 3 aliphatic rings. The van der Waals surface area contributed by atoms with Gasteiger partial charge in [0.1, 0.15) is 6.04 Å². The standard InChI is InChI=1S/C19H19N3O4S/c1-2-27(25,26)20-11-13-10-16(20)17-18(23)22(19(24)21(13)17)15-9-5-7-12-6-3-4-8-14(12)15/h3-9,13,16-17H,2,10-11H2,1H3. The third-order valence-electron chi connectivity index (χ3n) is 5.95. The number of imide groups is 1. The zero-order valence-electron chi connectivity index (χ0n) is 14.8. The Morgan fingerprint density at radius 2 is 1.81 bits per heavy atom. The SMILES string of the molecule is CCS(=O)(=O)N1CC2CC1C1C(=O)N(c3cccc4ccccc34)C(=O)N21. The number of carbonyl (C=O) groups is 2. The quantitative estimate of drug-likeness (QED) is 0.755. The lowest BCUT2D eigenvalue weighted by molar-refractivity contribution is -0.120. The number of fused-ring (bicyclic) bond motifs is 6. The Morgan fingerprint density at radius 1 is 1.07 bits per heavy atom. The summed E-state index contributed by atoms with van der Waals surface area (Å²) >= 11 is 0. The van der Waals surface area contributed by atoms with Crippen molar-refractivity contribution in [2.45, 2.75) is 31.5 Å². The minimum atomic E-state index is -3.40. The van der Waals surface area contributed by atoms with Crippen LogP contribution in [0.1, 0.15) is 13.3 Å². The fourth-order valence-corrected chi connectivity index (χ4v) is 6.07. The first-order valence-corrected chi connectivity index (χ1v) is 10.7. The number of sulfonamides is 1. The van der Waals surface area contributed by atoms with E-state index in [0.29, 0.717) is 12.1 Å². The van der Waals surface area contributed by atoms with Crippen molar-refractivity contribution in [2.75, 3.05) is 17.2 Å². The van der Waals surface area contributed by atoms with Crippen molar-refractivity contribution in [3.05, 3.63) is 42.5 Å². The Labute approximate surface area is 157 Å². The normalized spacial score (nSPS) is 27.8. The van der Waals surface area contributed by atoms with Crippen LogP contribution in [-0.4, -0.2) is 60.0 Å². The number of hydrogen-bond donors (Lipinski definition) is 0. The molecule has 2 bridgehead atoms. The molecule has 0 spiro atoms. The lowest BCUT2D eigenvalue weighted by atomic mass is 10.1. The molecule has 2 aromatic carbocycles. The highest BCUT2D eigenvalue weighted by molar-refractivity contribution is 7.89. The first kappa shape index (κ1) is 16.7. The van der Waals surface area contributed by atoms with Crippen LogP contribution < -0.4 is 4.90 Å². The lowest BCUT2D eigenvalue weighted by Gasteiger charge is -2.33. The van der Waals surface area contributed by atoms with Crippen LogP contribution in [0.15, 0.2) is 42.5 Å². The molecule has 0 aromatic heterocycles. The minimum absolute atomic E-state index is 0.00187. The van der Waals surface area contributed by atoms with Gasteiger partial charge < -0.3 is 4.90 Å². The van der Waals surface area contributed by atoms with Gasteiger partial charge in [-0.25, -0.2) is 18.1 Å². The van der Waals surface area contributed by atoms with Gasteiger partial charge >= 0.3 is 6.03 Å². The Morgan fingerprint density at radius 3 is 2.59 bits per heavy atom. The molecule has 7 nitrogen and oxygen atoms in total. The summed E-state index contributed by atoms with van der Waals surface area (Å²) < 4.78 is 26.2. The van der Waals surface area contributed by atoms with Gasteiger partial charge in [-0.1, -0.05) is 36.4 Å². The van der Waals surface area contributed by atoms with Crippen molar-refractivity contribution in [3.63, 3.8) is 0 Å². The second-order valence-electron chi connectivity index (χ2n) is 7.23. The third-order valence-corrected chi connectivity index (χ3v) is 7.81. The van der Waals surface area contributed by atoms with E-state index in [-0.39, 0.29) is 30.3 Å². The number of anilines is 1. The summed E-state index contributed by atoms with van der Waals surface area (Å²) in [4.78, 5) is 29.2. The Hall–Kier alpha value is -2.45. The number of nitrogens with zero attached hydrogens (tertiary/aromatic N) is 3. The molecule has 3 fully saturated rings. The van der Waals surface area contributed by atoms with E-state index in [1.807, 2.05) is 36.4 Å². The fourth-order valence-electron chi connectivity index (χ4n) is 4.73. The van der Waals surface area contributed by atoms with Crippen LogP contribution in [0.25, 0.3) is 10.8 Å². The fraction of sp³-hybridized carbons (Fsp3) is 0.368. The molecule has 3 saturated heterocycles. The summed E-state index contributed by atoms with van der Waals surface area (Å²) in [5.74, 6) is -0.335. The van der Waals surface area contributed by atoms with Gasteiger partial charge in [0, 0.05) is 18.0 Å². The molecule has 3 atom stereocenters. The maximum atomic E-state index is 13.2. The summed E-state index contributed by atoms with van der Waals surface area (Å²) in [6.45, 7) is 1.88. The maximum Gasteiger partial charge on any atom is 0.332 e. The molecule has 0 radical (unpaired) electrons. The van der Waals surface area contributed by atoms with Gasteiger partial charge in [0.25, 0.3) is 5.91 Å². The molecule has 0 saturated carbocycles. The van der Waals surface area contributed by atoms with Gasteiger partial charge in [0.2, 0.25) is 10.0 Å². The van der Waals surface area contributed by atoms with Gasteiger partial charge in [-0.2, -0.15) is 4.31 Å². The topological polar surface area (TPSA) is 78.0 Å². The summed E-state index contributed by atoms with van der Waals surface area (Å²) in [6.07, 6.45) is 0.532. The number of urea groups is 1. The molecule has 27 heavy (non-hydrogen) atoms. The highest BCUT2D eigenvalue weighted by Crippen LogP contribution is 2.44. The van der Waals surface area contributed by atoms with E-state index in [1.54, 1.807) is 17.9 Å². The number of carbonyl (C=O) groups excluding carboxylic acids is 2. The monoisotopic (exact) mass is 385 g/mol. The number of benzene rings is 2. The molecule has 3 aliphatic heterocycles. The summed E-state index contributed by atoms with van der Waals surface area (Å²) in [5, 5.41) is 1.77. The molecule has 3 heterocycles. The molecule has 140 valence electrons. The Bertz CT molecular complexity index is 1080. The van der Waals surface area contributed by atoms with Crippen LogP contribution in [0.5, 0.6) is 0 Å². The van der Waals surface area contributed by atoms with E-state index in [0.717, 1.165) is 10.8 Å². The molecule has 2 aromatic rings. The van der Waals surface area contributed by atoms with E-state index < -0.39 is 22.1 Å². The maximum absolute atomic E-state index is 13.2. The molecule has 3 unspecified atom stereocenters. The predicted molar refractivity (Wildman–Crippen MR) is 101 cm³/mol. The average Bonchev–Trinajstić information content (AvgIpc) is 3.33. The van der Waals surface area contributed by atoms with Crippen LogP contribution in [-0.2, 0) is 14.8 Å². The molecule has 0 N–H and O–H groups in total. The average molecular weight is 385 g/mol. The molecule has 3 amide bonds. The lowest BCUT2D eigenvalue weighted by Crippen LogP contribution is -2.55. The minimum Gasteiger partial charge on any atom is -0.306 e. The Kier molecular flexibility index (Phi) is 3.42. The predicted octanol–water partition coefficient (Wildman–Crippen LogP) is 1.78. The highest BCUT2D eigenvalue weighted by Gasteiger charge is 2.63. The molecular formula is C19H19N3O4S. The van der Waals surface area contributed by atoms with E-state index in [2.05, 4.69) is 0 Å². The molecule has 0 aliphatic carbocycles. The van der Waals surface area contributed by atoms with Gasteiger partial charge in [-0.15, -0.1) is 0 Å². The van der Waals surface area contributed by atoms with E-state index in [1.165, 1.54) is 9.21 Å². The van der Waals surface area contributed by atoms with Crippen LogP contribution in [0.2, 0.25) is 0 Å². The van der Waals surface area contributed by atoms with Crippen LogP contribution in [0.4, 0.5) is 10.5 Å². The smallest absolute Gasteiger partial charge is 0.306 e. The van der Waals surface area contributed by atoms with Gasteiger partial charge in [-0.3, -0.25) is 4.79 Å². The van der Waals surface area contributed by atoms with E-state index in [9.17, 15) is 18.0 Å². The number of rotatable bonds is 3. The number of piperazine rings is 1. The van der Waals surface area contributed by atoms with Crippen molar-refractivity contribution in [2.24, 2.45) is 0 Å². The van der Waals surface area contributed by atoms with Crippen LogP contribution in [0, 0.1) is 0 Å². The van der Waals surface area contributed by atoms with Gasteiger partial charge in [0.05, 0.1) is 17.5 Å². The first-order valence-electron chi connectivity index (χ1n) is 9.07. The van der Waals surface area contributed by atoms with Gasteiger partial charge in [0.15, 0.2) is 0 Å². The first-order chi connectivity index (χ1) is 12.9. The summed E-state index contributed by atoms with van der Waals surface area (Å²) in [7, 11) is -3.40. The Balaban J connectivity index is 1.58. The summed E-state index contributed by atoms with van der Waals surface area (Å²) in [5.41, 5.74) is 0.557.